The summed E-state index contributed by atoms with van der Waals surface area (Å²) in [4.78, 5) is 18.0. The summed E-state index contributed by atoms with van der Waals surface area (Å²) in [5.74, 6) is 0.563. The summed E-state index contributed by atoms with van der Waals surface area (Å²) in [5, 5.41) is 3.33. The summed E-state index contributed by atoms with van der Waals surface area (Å²) in [6.07, 6.45) is 2.49. The summed E-state index contributed by atoms with van der Waals surface area (Å²) in [6.45, 7) is 5.45. The first-order valence-electron chi connectivity index (χ1n) is 5.76. The minimum absolute atomic E-state index is 0.0218. The van der Waals surface area contributed by atoms with Crippen molar-refractivity contribution in [2.75, 3.05) is 25.5 Å². The van der Waals surface area contributed by atoms with E-state index in [9.17, 15) is 4.79 Å². The first-order valence-corrected chi connectivity index (χ1v) is 6.14. The van der Waals surface area contributed by atoms with Crippen molar-refractivity contribution in [3.05, 3.63) is 22.8 Å². The first kappa shape index (κ1) is 13.8. The van der Waals surface area contributed by atoms with Gasteiger partial charge in [0.2, 0.25) is 0 Å². The summed E-state index contributed by atoms with van der Waals surface area (Å²) < 4.78 is 0. The lowest BCUT2D eigenvalue weighted by Gasteiger charge is -2.20. The molecule has 1 aromatic heterocycles. The van der Waals surface area contributed by atoms with Crippen LogP contribution < -0.4 is 5.32 Å². The highest BCUT2D eigenvalue weighted by Crippen LogP contribution is 2.20. The van der Waals surface area contributed by atoms with Gasteiger partial charge < -0.3 is 10.2 Å². The zero-order valence-electron chi connectivity index (χ0n) is 10.5. The molecule has 0 saturated carbocycles. The number of hydrogen-bond donors (Lipinski definition) is 1. The highest BCUT2D eigenvalue weighted by Gasteiger charge is 2.15. The molecular formula is C12H18ClN3O. The Morgan fingerprint density at radius 2 is 2.24 bits per heavy atom. The smallest absolute Gasteiger partial charge is 0.255 e. The first-order chi connectivity index (χ1) is 8.13. The quantitative estimate of drug-likeness (QED) is 0.880. The Morgan fingerprint density at radius 3 is 2.71 bits per heavy atom. The van der Waals surface area contributed by atoms with Gasteiger partial charge in [0.25, 0.3) is 5.91 Å². The Morgan fingerprint density at radius 1 is 1.53 bits per heavy atom. The van der Waals surface area contributed by atoms with Crippen molar-refractivity contribution in [2.24, 2.45) is 0 Å². The largest absolute Gasteiger partial charge is 0.372 e. The van der Waals surface area contributed by atoms with E-state index in [1.54, 1.807) is 24.2 Å². The highest BCUT2D eigenvalue weighted by atomic mass is 35.5. The number of nitrogens with zero attached hydrogens (tertiary/aromatic N) is 2. The number of rotatable bonds is 5. The third kappa shape index (κ3) is 3.33. The van der Waals surface area contributed by atoms with Crippen molar-refractivity contribution in [1.82, 2.24) is 9.88 Å². The van der Waals surface area contributed by atoms with Crippen LogP contribution in [0.4, 0.5) is 5.82 Å². The Hall–Kier alpha value is -1.29. The van der Waals surface area contributed by atoms with Crippen LogP contribution in [0.2, 0.25) is 5.02 Å². The molecule has 0 aromatic carbocycles. The lowest BCUT2D eigenvalue weighted by atomic mass is 10.2. The van der Waals surface area contributed by atoms with Gasteiger partial charge in [0.1, 0.15) is 5.82 Å². The van der Waals surface area contributed by atoms with Crippen LogP contribution in [0.25, 0.3) is 0 Å². The number of hydrogen-bond acceptors (Lipinski definition) is 3. The van der Waals surface area contributed by atoms with E-state index in [1.165, 1.54) is 0 Å². The van der Waals surface area contributed by atoms with Gasteiger partial charge in [-0.15, -0.1) is 0 Å². The van der Waals surface area contributed by atoms with Crippen LogP contribution in [0.15, 0.2) is 12.3 Å². The van der Waals surface area contributed by atoms with E-state index >= 15 is 0 Å². The van der Waals surface area contributed by atoms with Crippen molar-refractivity contribution in [3.8, 4) is 0 Å². The zero-order chi connectivity index (χ0) is 12.8. The Balaban J connectivity index is 2.92. The minimum atomic E-state index is -0.0218. The number of amides is 1. The van der Waals surface area contributed by atoms with Gasteiger partial charge in [0.15, 0.2) is 0 Å². The Kier molecular flexibility index (Phi) is 5.22. The molecule has 1 amide bonds. The number of carbonyl (C=O) groups is 1. The fourth-order valence-electron chi connectivity index (χ4n) is 1.59. The van der Waals surface area contributed by atoms with Crippen LogP contribution in [0.3, 0.4) is 0 Å². The molecule has 0 fully saturated rings. The van der Waals surface area contributed by atoms with Gasteiger partial charge in [-0.05, 0) is 19.4 Å². The SMILES string of the molecule is CCCN(CC)C(=O)c1cnc(NC)c(Cl)c1. The van der Waals surface area contributed by atoms with Gasteiger partial charge in [0.05, 0.1) is 10.6 Å². The average Bonchev–Trinajstić information content (AvgIpc) is 2.35. The molecule has 0 unspecified atom stereocenters. The maximum absolute atomic E-state index is 12.1. The summed E-state index contributed by atoms with van der Waals surface area (Å²) in [6, 6.07) is 1.65. The van der Waals surface area contributed by atoms with Crippen molar-refractivity contribution in [3.63, 3.8) is 0 Å². The van der Waals surface area contributed by atoms with E-state index in [2.05, 4.69) is 10.3 Å². The number of halogens is 1. The molecule has 0 atom stereocenters. The van der Waals surface area contributed by atoms with Gasteiger partial charge >= 0.3 is 0 Å². The molecule has 1 rings (SSSR count). The van der Waals surface area contributed by atoms with Crippen LogP contribution in [0.1, 0.15) is 30.6 Å². The molecule has 1 heterocycles. The molecule has 1 N–H and O–H groups in total. The van der Waals surface area contributed by atoms with E-state index in [0.717, 1.165) is 13.0 Å². The maximum Gasteiger partial charge on any atom is 0.255 e. The Bertz CT molecular complexity index is 395. The second-order valence-corrected chi connectivity index (χ2v) is 4.10. The third-order valence-electron chi connectivity index (χ3n) is 2.49. The minimum Gasteiger partial charge on any atom is -0.372 e. The molecule has 0 aliphatic heterocycles. The Labute approximate surface area is 107 Å². The number of pyridine rings is 1. The summed E-state index contributed by atoms with van der Waals surface area (Å²) in [7, 11) is 1.74. The lowest BCUT2D eigenvalue weighted by molar-refractivity contribution is 0.0764. The van der Waals surface area contributed by atoms with Gasteiger partial charge in [-0.3, -0.25) is 4.79 Å². The van der Waals surface area contributed by atoms with Crippen LogP contribution in [0, 0.1) is 0 Å². The van der Waals surface area contributed by atoms with E-state index in [1.807, 2.05) is 13.8 Å². The second kappa shape index (κ2) is 6.45. The van der Waals surface area contributed by atoms with Gasteiger partial charge in [-0.25, -0.2) is 4.98 Å². The molecule has 4 nitrogen and oxygen atoms in total. The molecule has 0 spiro atoms. The standard InChI is InChI=1S/C12H18ClN3O/c1-4-6-16(5-2)12(17)9-7-10(13)11(14-3)15-8-9/h7-8H,4-6H2,1-3H3,(H,14,15). The molecule has 0 radical (unpaired) electrons. The zero-order valence-corrected chi connectivity index (χ0v) is 11.2. The number of carbonyl (C=O) groups excluding carboxylic acids is 1. The van der Waals surface area contributed by atoms with Crippen LogP contribution in [0.5, 0.6) is 0 Å². The molecule has 1 aromatic rings. The molecular weight excluding hydrogens is 238 g/mol. The van der Waals surface area contributed by atoms with E-state index in [4.69, 9.17) is 11.6 Å². The summed E-state index contributed by atoms with van der Waals surface area (Å²) >= 11 is 6.00. The fraction of sp³-hybridized carbons (Fsp3) is 0.500. The highest BCUT2D eigenvalue weighted by molar-refractivity contribution is 6.33. The normalized spacial score (nSPS) is 10.1. The predicted molar refractivity (Wildman–Crippen MR) is 70.7 cm³/mol. The summed E-state index contributed by atoms with van der Waals surface area (Å²) in [5.41, 5.74) is 0.532. The fourth-order valence-corrected chi connectivity index (χ4v) is 1.86. The average molecular weight is 256 g/mol. The van der Waals surface area contributed by atoms with Gasteiger partial charge in [-0.2, -0.15) is 0 Å². The van der Waals surface area contributed by atoms with Gasteiger partial charge in [-0.1, -0.05) is 18.5 Å². The monoisotopic (exact) mass is 255 g/mol. The molecule has 0 aliphatic rings. The van der Waals surface area contributed by atoms with Crippen LogP contribution >= 0.6 is 11.6 Å². The lowest BCUT2D eigenvalue weighted by Crippen LogP contribution is -2.31. The molecule has 0 saturated heterocycles. The van der Waals surface area contributed by atoms with E-state index < -0.39 is 0 Å². The van der Waals surface area contributed by atoms with Crippen molar-refractivity contribution in [1.29, 1.82) is 0 Å². The molecule has 5 heteroatoms. The third-order valence-corrected chi connectivity index (χ3v) is 2.78. The maximum atomic E-state index is 12.1. The molecule has 94 valence electrons. The molecule has 0 bridgehead atoms. The van der Waals surface area contributed by atoms with Crippen LogP contribution in [-0.2, 0) is 0 Å². The second-order valence-electron chi connectivity index (χ2n) is 3.69. The van der Waals surface area contributed by atoms with E-state index in [0.29, 0.717) is 22.9 Å². The van der Waals surface area contributed by atoms with Crippen LogP contribution in [-0.4, -0.2) is 35.9 Å². The number of anilines is 1. The topological polar surface area (TPSA) is 45.2 Å². The van der Waals surface area contributed by atoms with E-state index in [-0.39, 0.29) is 5.91 Å². The number of aromatic nitrogens is 1. The predicted octanol–water partition coefficient (Wildman–Crippen LogP) is 2.65. The van der Waals surface area contributed by atoms with Crippen molar-refractivity contribution in [2.45, 2.75) is 20.3 Å². The number of nitrogens with one attached hydrogen (secondary N) is 1. The molecule has 17 heavy (non-hydrogen) atoms. The van der Waals surface area contributed by atoms with Crippen molar-refractivity contribution >= 4 is 23.3 Å². The van der Waals surface area contributed by atoms with Gasteiger partial charge in [0, 0.05) is 26.3 Å². The molecule has 0 aliphatic carbocycles. The van der Waals surface area contributed by atoms with Crippen molar-refractivity contribution < 1.29 is 4.79 Å².